The van der Waals surface area contributed by atoms with E-state index in [0.717, 1.165) is 0 Å². The molecular weight excluding hydrogens is 242 g/mol. The molecule has 0 bridgehead atoms. The van der Waals surface area contributed by atoms with E-state index in [1.54, 1.807) is 11.8 Å². The average Bonchev–Trinajstić information content (AvgIpc) is 2.28. The first kappa shape index (κ1) is 12.7. The van der Waals surface area contributed by atoms with E-state index in [2.05, 4.69) is 9.97 Å². The Hall–Kier alpha value is -1.79. The van der Waals surface area contributed by atoms with Crippen LogP contribution < -0.4 is 10.6 Å². The highest BCUT2D eigenvalue weighted by Gasteiger charge is 2.34. The summed E-state index contributed by atoms with van der Waals surface area (Å²) < 4.78 is 26.1. The van der Waals surface area contributed by atoms with Gasteiger partial charge in [-0.2, -0.15) is 0 Å². The van der Waals surface area contributed by atoms with E-state index in [-0.39, 0.29) is 31.6 Å². The van der Waals surface area contributed by atoms with E-state index in [4.69, 9.17) is 5.73 Å². The van der Waals surface area contributed by atoms with Crippen LogP contribution in [0.15, 0.2) is 6.07 Å². The van der Waals surface area contributed by atoms with Crippen molar-refractivity contribution in [1.82, 2.24) is 9.97 Å². The van der Waals surface area contributed by atoms with Gasteiger partial charge < -0.3 is 10.6 Å². The van der Waals surface area contributed by atoms with Gasteiger partial charge in [-0.05, 0) is 13.0 Å². The first-order chi connectivity index (χ1) is 8.37. The minimum atomic E-state index is -2.62. The zero-order chi connectivity index (χ0) is 13.3. The Balaban J connectivity index is 2.21. The van der Waals surface area contributed by atoms with Crippen molar-refractivity contribution in [2.24, 2.45) is 5.73 Å². The lowest BCUT2D eigenvalue weighted by molar-refractivity contribution is -0.0222. The van der Waals surface area contributed by atoms with E-state index >= 15 is 0 Å². The van der Waals surface area contributed by atoms with Gasteiger partial charge in [0.1, 0.15) is 5.69 Å². The molecule has 2 heterocycles. The maximum absolute atomic E-state index is 13.0. The molecule has 7 heteroatoms. The number of carbonyl (C=O) groups excluding carboxylic acids is 1. The number of primary amides is 1. The Morgan fingerprint density at radius 3 is 2.56 bits per heavy atom. The van der Waals surface area contributed by atoms with Gasteiger partial charge in [-0.3, -0.25) is 4.79 Å². The molecule has 18 heavy (non-hydrogen) atoms. The zero-order valence-electron chi connectivity index (χ0n) is 9.99. The summed E-state index contributed by atoms with van der Waals surface area (Å²) >= 11 is 0. The number of nitrogens with zero attached hydrogens (tertiary/aromatic N) is 3. The van der Waals surface area contributed by atoms with Gasteiger partial charge in [-0.1, -0.05) is 0 Å². The molecule has 1 aliphatic heterocycles. The number of alkyl halides is 2. The summed E-state index contributed by atoms with van der Waals surface area (Å²) in [5.41, 5.74) is 5.85. The number of amides is 1. The van der Waals surface area contributed by atoms with E-state index in [1.165, 1.54) is 6.07 Å². The van der Waals surface area contributed by atoms with Crippen molar-refractivity contribution in [3.8, 4) is 0 Å². The van der Waals surface area contributed by atoms with Crippen LogP contribution in [0.2, 0.25) is 0 Å². The highest BCUT2D eigenvalue weighted by molar-refractivity contribution is 5.91. The summed E-state index contributed by atoms with van der Waals surface area (Å²) in [4.78, 5) is 20.9. The fourth-order valence-corrected chi connectivity index (χ4v) is 1.85. The van der Waals surface area contributed by atoms with Crippen molar-refractivity contribution in [3.63, 3.8) is 0 Å². The molecule has 0 unspecified atom stereocenters. The second kappa shape index (κ2) is 4.47. The smallest absolute Gasteiger partial charge is 0.267 e. The number of rotatable bonds is 2. The van der Waals surface area contributed by atoms with E-state index in [0.29, 0.717) is 11.6 Å². The van der Waals surface area contributed by atoms with Crippen molar-refractivity contribution in [1.29, 1.82) is 0 Å². The molecule has 0 radical (unpaired) electrons. The molecule has 1 aliphatic rings. The molecule has 0 aliphatic carbocycles. The standard InChI is InChI=1S/C11H14F2N4O/c1-7-6-8(9(14)18)16-10(15-7)17-4-2-11(12,13)3-5-17/h6H,2-5H2,1H3,(H2,14,18). The molecule has 0 saturated carbocycles. The second-order valence-corrected chi connectivity index (χ2v) is 4.40. The van der Waals surface area contributed by atoms with Crippen LogP contribution in [0.3, 0.4) is 0 Å². The maximum atomic E-state index is 13.0. The van der Waals surface area contributed by atoms with Crippen LogP contribution in [-0.2, 0) is 0 Å². The van der Waals surface area contributed by atoms with Gasteiger partial charge in [0.15, 0.2) is 0 Å². The third-order valence-electron chi connectivity index (χ3n) is 2.87. The van der Waals surface area contributed by atoms with Crippen LogP contribution in [0.5, 0.6) is 0 Å². The van der Waals surface area contributed by atoms with E-state index in [9.17, 15) is 13.6 Å². The second-order valence-electron chi connectivity index (χ2n) is 4.40. The van der Waals surface area contributed by atoms with Gasteiger partial charge >= 0.3 is 0 Å². The molecule has 1 amide bonds. The highest BCUT2D eigenvalue weighted by atomic mass is 19.3. The highest BCUT2D eigenvalue weighted by Crippen LogP contribution is 2.29. The Bertz CT molecular complexity index is 468. The number of anilines is 1. The van der Waals surface area contributed by atoms with Crippen molar-refractivity contribution in [2.45, 2.75) is 25.7 Å². The van der Waals surface area contributed by atoms with Gasteiger partial charge in [0.25, 0.3) is 11.8 Å². The Morgan fingerprint density at radius 2 is 2.00 bits per heavy atom. The number of aryl methyl sites for hydroxylation is 1. The fraction of sp³-hybridized carbons (Fsp3) is 0.545. The third kappa shape index (κ3) is 2.72. The van der Waals surface area contributed by atoms with Gasteiger partial charge in [0, 0.05) is 31.6 Å². The van der Waals surface area contributed by atoms with Crippen molar-refractivity contribution in [3.05, 3.63) is 17.5 Å². The van der Waals surface area contributed by atoms with Crippen molar-refractivity contribution in [2.75, 3.05) is 18.0 Å². The van der Waals surface area contributed by atoms with Crippen LogP contribution in [0.1, 0.15) is 29.0 Å². The topological polar surface area (TPSA) is 72.1 Å². The number of aromatic nitrogens is 2. The van der Waals surface area contributed by atoms with Gasteiger partial charge in [0.05, 0.1) is 0 Å². The maximum Gasteiger partial charge on any atom is 0.267 e. The summed E-state index contributed by atoms with van der Waals surface area (Å²) in [5, 5.41) is 0. The van der Waals surface area contributed by atoms with E-state index < -0.39 is 11.8 Å². The molecule has 5 nitrogen and oxygen atoms in total. The van der Waals surface area contributed by atoms with Crippen LogP contribution in [0.4, 0.5) is 14.7 Å². The summed E-state index contributed by atoms with van der Waals surface area (Å²) in [6.45, 7) is 2.06. The summed E-state index contributed by atoms with van der Waals surface area (Å²) in [5.74, 6) is -2.98. The number of hydrogen-bond donors (Lipinski definition) is 1. The largest absolute Gasteiger partial charge is 0.364 e. The van der Waals surface area contributed by atoms with Gasteiger partial charge in [0.2, 0.25) is 5.95 Å². The molecule has 0 aromatic carbocycles. The molecule has 1 aromatic heterocycles. The van der Waals surface area contributed by atoms with Gasteiger partial charge in [-0.15, -0.1) is 0 Å². The summed E-state index contributed by atoms with van der Waals surface area (Å²) in [6, 6.07) is 1.48. The molecular formula is C11H14F2N4O. The SMILES string of the molecule is Cc1cc(C(N)=O)nc(N2CCC(F)(F)CC2)n1. The molecule has 1 fully saturated rings. The first-order valence-corrected chi connectivity index (χ1v) is 5.66. The molecule has 0 atom stereocenters. The normalized spacial score (nSPS) is 18.7. The number of nitrogens with two attached hydrogens (primary N) is 1. The molecule has 0 spiro atoms. The monoisotopic (exact) mass is 256 g/mol. The zero-order valence-corrected chi connectivity index (χ0v) is 9.99. The number of carbonyl (C=O) groups is 1. The first-order valence-electron chi connectivity index (χ1n) is 5.66. The summed E-state index contributed by atoms with van der Waals surface area (Å²) in [6.07, 6.45) is -0.452. The van der Waals surface area contributed by atoms with Crippen LogP contribution in [0, 0.1) is 6.92 Å². The van der Waals surface area contributed by atoms with E-state index in [1.807, 2.05) is 0 Å². The lowest BCUT2D eigenvalue weighted by Gasteiger charge is -2.31. The van der Waals surface area contributed by atoms with Gasteiger partial charge in [-0.25, -0.2) is 18.7 Å². The van der Waals surface area contributed by atoms with Crippen molar-refractivity contribution >= 4 is 11.9 Å². The molecule has 2 rings (SSSR count). The Kier molecular flexibility index (Phi) is 3.14. The Labute approximate surface area is 103 Å². The lowest BCUT2D eigenvalue weighted by Crippen LogP contribution is -2.40. The number of piperidine rings is 1. The molecule has 98 valence electrons. The predicted molar refractivity (Wildman–Crippen MR) is 61.7 cm³/mol. The average molecular weight is 256 g/mol. The van der Waals surface area contributed by atoms with Crippen LogP contribution >= 0.6 is 0 Å². The predicted octanol–water partition coefficient (Wildman–Crippen LogP) is 1.12. The number of hydrogen-bond acceptors (Lipinski definition) is 4. The molecule has 2 N–H and O–H groups in total. The number of halogens is 2. The van der Waals surface area contributed by atoms with Crippen LogP contribution in [0.25, 0.3) is 0 Å². The van der Waals surface area contributed by atoms with Crippen molar-refractivity contribution < 1.29 is 13.6 Å². The quantitative estimate of drug-likeness (QED) is 0.860. The molecule has 1 aromatic rings. The Morgan fingerprint density at radius 1 is 1.39 bits per heavy atom. The minimum Gasteiger partial charge on any atom is -0.364 e. The third-order valence-corrected chi connectivity index (χ3v) is 2.87. The van der Waals surface area contributed by atoms with Crippen LogP contribution in [-0.4, -0.2) is 34.9 Å². The minimum absolute atomic E-state index is 0.106. The molecule has 1 saturated heterocycles. The fourth-order valence-electron chi connectivity index (χ4n) is 1.85. The lowest BCUT2D eigenvalue weighted by atomic mass is 10.1. The summed E-state index contributed by atoms with van der Waals surface area (Å²) in [7, 11) is 0.